The molecule has 0 saturated heterocycles. The highest BCUT2D eigenvalue weighted by Gasteiger charge is 2.25. The predicted octanol–water partition coefficient (Wildman–Crippen LogP) is 4.06. The molecule has 1 N–H and O–H groups in total. The van der Waals surface area contributed by atoms with E-state index < -0.39 is 5.82 Å². The number of pyridine rings is 2. The van der Waals surface area contributed by atoms with Gasteiger partial charge in [0.15, 0.2) is 5.69 Å². The number of nitrogens with one attached hydrogen (secondary N) is 1. The van der Waals surface area contributed by atoms with Gasteiger partial charge in [0.25, 0.3) is 5.91 Å². The van der Waals surface area contributed by atoms with E-state index in [0.717, 1.165) is 29.7 Å². The Morgan fingerprint density at radius 2 is 1.91 bits per heavy atom. The van der Waals surface area contributed by atoms with Crippen LogP contribution in [0.4, 0.5) is 4.39 Å². The van der Waals surface area contributed by atoms with Crippen molar-refractivity contribution in [1.82, 2.24) is 24.4 Å². The van der Waals surface area contributed by atoms with Crippen LogP contribution in [-0.4, -0.2) is 25.0 Å². The van der Waals surface area contributed by atoms with Crippen LogP contribution in [0.3, 0.4) is 0 Å². The lowest BCUT2D eigenvalue weighted by molar-refractivity contribution is 0.0947. The number of hydrogen-bond acceptors (Lipinski definition) is 4. The number of halogens is 1. The normalized spacial score (nSPS) is 14.1. The van der Waals surface area contributed by atoms with Crippen molar-refractivity contribution in [2.75, 3.05) is 0 Å². The molecule has 5 rings (SSSR count). The second-order valence-corrected chi connectivity index (χ2v) is 8.94. The molecular weight excluding hydrogens is 433 g/mol. The Hall–Kier alpha value is -3.81. The molecule has 1 amide bonds. The van der Waals surface area contributed by atoms with Crippen LogP contribution in [-0.2, 0) is 20.6 Å². The summed E-state index contributed by atoms with van der Waals surface area (Å²) in [7, 11) is 3.59. The number of aromatic nitrogens is 4. The maximum atomic E-state index is 14.3. The maximum absolute atomic E-state index is 14.3. The third-order valence-electron chi connectivity index (χ3n) is 6.58. The number of aryl methyl sites for hydroxylation is 2. The third-order valence-corrected chi connectivity index (χ3v) is 6.58. The fourth-order valence-corrected chi connectivity index (χ4v) is 4.84. The van der Waals surface area contributed by atoms with Gasteiger partial charge >= 0.3 is 0 Å². The van der Waals surface area contributed by atoms with Crippen molar-refractivity contribution < 1.29 is 9.18 Å². The van der Waals surface area contributed by atoms with Crippen molar-refractivity contribution in [3.05, 3.63) is 82.0 Å². The molecule has 0 atom stereocenters. The third kappa shape index (κ3) is 4.11. The number of carbonyl (C=O) groups is 1. The van der Waals surface area contributed by atoms with Gasteiger partial charge < -0.3 is 14.5 Å². The first-order chi connectivity index (χ1) is 16.4. The minimum absolute atomic E-state index is 0.138. The molecule has 0 unspecified atom stereocenters. The summed E-state index contributed by atoms with van der Waals surface area (Å²) in [6, 6.07) is 9.54. The van der Waals surface area contributed by atoms with Gasteiger partial charge in [-0.15, -0.1) is 0 Å². The standard InChI is InChI=1S/C26H26FN5O2/c1-31-15-18(7-8-22(31)33)19-11-16(12-20(27)13-19)14-29-26(34)23-24-21(9-10-28-23)30-25(32(24)2)17-5-3-4-6-17/h7-13,15,17H,3-6,14H2,1-2H3,(H,29,34). The van der Waals surface area contributed by atoms with E-state index in [2.05, 4.69) is 10.3 Å². The van der Waals surface area contributed by atoms with Crippen LogP contribution < -0.4 is 10.9 Å². The first-order valence-corrected chi connectivity index (χ1v) is 11.5. The fourth-order valence-electron chi connectivity index (χ4n) is 4.84. The van der Waals surface area contributed by atoms with E-state index in [4.69, 9.17) is 4.98 Å². The number of amides is 1. The SMILES string of the molecule is Cn1cc(-c2cc(F)cc(CNC(=O)c3nccc4nc(C5CCCC5)n(C)c34)c2)ccc1=O. The van der Waals surface area contributed by atoms with Gasteiger partial charge in [-0.3, -0.25) is 9.59 Å². The zero-order chi connectivity index (χ0) is 23.8. The number of rotatable bonds is 5. The van der Waals surface area contributed by atoms with Crippen LogP contribution in [0, 0.1) is 5.82 Å². The molecule has 0 spiro atoms. The Balaban J connectivity index is 1.40. The maximum Gasteiger partial charge on any atom is 0.272 e. The summed E-state index contributed by atoms with van der Waals surface area (Å²) in [4.78, 5) is 33.9. The molecule has 3 heterocycles. The molecule has 34 heavy (non-hydrogen) atoms. The zero-order valence-corrected chi connectivity index (χ0v) is 19.2. The topological polar surface area (TPSA) is 81.8 Å². The Labute approximate surface area is 196 Å². The second-order valence-electron chi connectivity index (χ2n) is 8.94. The lowest BCUT2D eigenvalue weighted by atomic mass is 10.0. The predicted molar refractivity (Wildman–Crippen MR) is 128 cm³/mol. The fraction of sp³-hybridized carbons (Fsp3) is 0.308. The lowest BCUT2D eigenvalue weighted by Gasteiger charge is -2.11. The van der Waals surface area contributed by atoms with Crippen molar-refractivity contribution in [2.24, 2.45) is 14.1 Å². The number of imidazole rings is 1. The van der Waals surface area contributed by atoms with Gasteiger partial charge in [-0.25, -0.2) is 14.4 Å². The van der Waals surface area contributed by atoms with E-state index in [1.807, 2.05) is 17.7 Å². The first kappa shape index (κ1) is 22.0. The van der Waals surface area contributed by atoms with Crippen molar-refractivity contribution in [1.29, 1.82) is 0 Å². The minimum atomic E-state index is -0.413. The minimum Gasteiger partial charge on any atom is -0.347 e. The molecule has 1 aromatic carbocycles. The molecule has 1 aliphatic carbocycles. The summed E-state index contributed by atoms with van der Waals surface area (Å²) in [6.45, 7) is 0.140. The van der Waals surface area contributed by atoms with E-state index in [1.165, 1.54) is 35.6 Å². The molecule has 1 aliphatic rings. The van der Waals surface area contributed by atoms with Crippen LogP contribution in [0.1, 0.15) is 53.5 Å². The average Bonchev–Trinajstić information content (AvgIpc) is 3.47. The second kappa shape index (κ2) is 8.85. The van der Waals surface area contributed by atoms with Gasteiger partial charge in [-0.1, -0.05) is 12.8 Å². The number of fused-ring (bicyclic) bond motifs is 1. The smallest absolute Gasteiger partial charge is 0.272 e. The zero-order valence-electron chi connectivity index (χ0n) is 19.2. The van der Waals surface area contributed by atoms with E-state index in [0.29, 0.717) is 28.3 Å². The molecule has 3 aromatic heterocycles. The molecule has 1 fully saturated rings. The van der Waals surface area contributed by atoms with Gasteiger partial charge in [-0.2, -0.15) is 0 Å². The summed E-state index contributed by atoms with van der Waals surface area (Å²) in [5.74, 6) is 0.668. The molecule has 0 radical (unpaired) electrons. The summed E-state index contributed by atoms with van der Waals surface area (Å²) >= 11 is 0. The highest BCUT2D eigenvalue weighted by Crippen LogP contribution is 2.35. The number of nitrogens with zero attached hydrogens (tertiary/aromatic N) is 4. The Morgan fingerprint density at radius 1 is 1.12 bits per heavy atom. The van der Waals surface area contributed by atoms with Crippen LogP contribution >= 0.6 is 0 Å². The van der Waals surface area contributed by atoms with E-state index in [1.54, 1.807) is 31.6 Å². The molecule has 4 aromatic rings. The molecule has 7 nitrogen and oxygen atoms in total. The van der Waals surface area contributed by atoms with Crippen LogP contribution in [0.25, 0.3) is 22.2 Å². The first-order valence-electron chi connectivity index (χ1n) is 11.5. The summed E-state index contributed by atoms with van der Waals surface area (Å²) < 4.78 is 17.8. The van der Waals surface area contributed by atoms with Crippen molar-refractivity contribution in [3.63, 3.8) is 0 Å². The van der Waals surface area contributed by atoms with Crippen molar-refractivity contribution >= 4 is 16.9 Å². The molecule has 8 heteroatoms. The lowest BCUT2D eigenvalue weighted by Crippen LogP contribution is -2.24. The largest absolute Gasteiger partial charge is 0.347 e. The molecule has 174 valence electrons. The average molecular weight is 460 g/mol. The van der Waals surface area contributed by atoms with Gasteiger partial charge in [0.05, 0.1) is 11.0 Å². The molecular formula is C26H26FN5O2. The van der Waals surface area contributed by atoms with Crippen LogP contribution in [0.15, 0.2) is 53.6 Å². The van der Waals surface area contributed by atoms with Crippen LogP contribution in [0.5, 0.6) is 0 Å². The highest BCUT2D eigenvalue weighted by molar-refractivity contribution is 6.03. The molecule has 0 aliphatic heterocycles. The Bertz CT molecular complexity index is 1450. The van der Waals surface area contributed by atoms with Crippen molar-refractivity contribution in [3.8, 4) is 11.1 Å². The number of benzene rings is 1. The molecule has 1 saturated carbocycles. The van der Waals surface area contributed by atoms with E-state index >= 15 is 0 Å². The Kier molecular flexibility index (Phi) is 5.73. The monoisotopic (exact) mass is 459 g/mol. The van der Waals surface area contributed by atoms with Gasteiger partial charge in [0.2, 0.25) is 5.56 Å². The summed E-state index contributed by atoms with van der Waals surface area (Å²) in [5, 5.41) is 2.88. The number of hydrogen-bond donors (Lipinski definition) is 1. The van der Waals surface area contributed by atoms with E-state index in [-0.39, 0.29) is 18.0 Å². The van der Waals surface area contributed by atoms with Gasteiger partial charge in [0, 0.05) is 45.0 Å². The van der Waals surface area contributed by atoms with E-state index in [9.17, 15) is 14.0 Å². The highest BCUT2D eigenvalue weighted by atomic mass is 19.1. The Morgan fingerprint density at radius 3 is 2.68 bits per heavy atom. The van der Waals surface area contributed by atoms with Crippen molar-refractivity contribution in [2.45, 2.75) is 38.1 Å². The van der Waals surface area contributed by atoms with Gasteiger partial charge in [0.1, 0.15) is 11.6 Å². The summed E-state index contributed by atoms with van der Waals surface area (Å²) in [6.07, 6.45) is 7.90. The molecule has 0 bridgehead atoms. The van der Waals surface area contributed by atoms with Crippen LogP contribution in [0.2, 0.25) is 0 Å². The van der Waals surface area contributed by atoms with Gasteiger partial charge in [-0.05, 0) is 59.9 Å². The quantitative estimate of drug-likeness (QED) is 0.488. The summed E-state index contributed by atoms with van der Waals surface area (Å²) in [5.41, 5.74) is 3.61. The number of carbonyl (C=O) groups excluding carboxylic acids is 1.